The maximum Gasteiger partial charge on any atom is 0.449 e. The van der Waals surface area contributed by atoms with Gasteiger partial charge in [0.2, 0.25) is 5.76 Å². The van der Waals surface area contributed by atoms with E-state index in [1.807, 2.05) is 12.1 Å². The number of methoxy groups -OCH3 is 1. The highest BCUT2D eigenvalue weighted by molar-refractivity contribution is 5.92. The summed E-state index contributed by atoms with van der Waals surface area (Å²) in [7, 11) is 1.57. The van der Waals surface area contributed by atoms with Crippen LogP contribution in [-0.2, 0) is 6.18 Å². The number of rotatable bonds is 3. The Morgan fingerprint density at radius 2 is 1.88 bits per heavy atom. The van der Waals surface area contributed by atoms with Gasteiger partial charge in [0.05, 0.1) is 13.2 Å². The molecule has 25 heavy (non-hydrogen) atoms. The summed E-state index contributed by atoms with van der Waals surface area (Å²) in [6, 6.07) is 9.05. The van der Waals surface area contributed by atoms with Crippen molar-refractivity contribution in [2.75, 3.05) is 13.7 Å². The molecule has 1 saturated heterocycles. The predicted molar refractivity (Wildman–Crippen MR) is 84.3 cm³/mol. The molecule has 0 N–H and O–H groups in total. The van der Waals surface area contributed by atoms with E-state index in [1.165, 1.54) is 0 Å². The third kappa shape index (κ3) is 3.65. The summed E-state index contributed by atoms with van der Waals surface area (Å²) in [5.74, 6) is -1.25. The lowest BCUT2D eigenvalue weighted by Gasteiger charge is -2.35. The minimum atomic E-state index is -4.60. The molecule has 4 nitrogen and oxygen atoms in total. The molecule has 1 aromatic heterocycles. The summed E-state index contributed by atoms with van der Waals surface area (Å²) in [6.07, 6.45) is -2.08. The van der Waals surface area contributed by atoms with Gasteiger partial charge in [-0.15, -0.1) is 0 Å². The fourth-order valence-corrected chi connectivity index (χ4v) is 3.09. The molecule has 0 radical (unpaired) electrons. The minimum absolute atomic E-state index is 0.188. The van der Waals surface area contributed by atoms with Gasteiger partial charge in [-0.25, -0.2) is 0 Å². The fraction of sp³-hybridized carbons (Fsp3) is 0.389. The van der Waals surface area contributed by atoms with Gasteiger partial charge in [0, 0.05) is 6.54 Å². The van der Waals surface area contributed by atoms with E-state index in [2.05, 4.69) is 0 Å². The van der Waals surface area contributed by atoms with E-state index < -0.39 is 17.8 Å². The highest BCUT2D eigenvalue weighted by atomic mass is 19.4. The van der Waals surface area contributed by atoms with Crippen LogP contribution >= 0.6 is 0 Å². The van der Waals surface area contributed by atoms with Crippen molar-refractivity contribution in [2.24, 2.45) is 0 Å². The number of piperidine rings is 1. The summed E-state index contributed by atoms with van der Waals surface area (Å²) < 4.78 is 47.9. The highest BCUT2D eigenvalue weighted by Gasteiger charge is 2.37. The van der Waals surface area contributed by atoms with Crippen LogP contribution in [0.5, 0.6) is 5.75 Å². The van der Waals surface area contributed by atoms with Crippen molar-refractivity contribution in [1.82, 2.24) is 4.90 Å². The molecule has 2 heterocycles. The van der Waals surface area contributed by atoms with Gasteiger partial charge in [-0.3, -0.25) is 4.79 Å². The van der Waals surface area contributed by atoms with E-state index in [0.717, 1.165) is 37.0 Å². The largest absolute Gasteiger partial charge is 0.497 e. The number of amides is 1. The first-order chi connectivity index (χ1) is 11.9. The van der Waals surface area contributed by atoms with Crippen LogP contribution in [0.15, 0.2) is 40.8 Å². The smallest absolute Gasteiger partial charge is 0.449 e. The van der Waals surface area contributed by atoms with Crippen molar-refractivity contribution in [1.29, 1.82) is 0 Å². The number of carbonyl (C=O) groups is 1. The molecule has 134 valence electrons. The summed E-state index contributed by atoms with van der Waals surface area (Å²) in [5, 5.41) is 0. The van der Waals surface area contributed by atoms with E-state index >= 15 is 0 Å². The third-order valence-electron chi connectivity index (χ3n) is 4.36. The molecule has 0 bridgehead atoms. The second kappa shape index (κ2) is 6.82. The maximum atomic E-state index is 12.7. The Labute approximate surface area is 143 Å². The van der Waals surface area contributed by atoms with Gasteiger partial charge in [-0.2, -0.15) is 13.2 Å². The monoisotopic (exact) mass is 353 g/mol. The number of hydrogen-bond donors (Lipinski definition) is 0. The Morgan fingerprint density at radius 3 is 2.48 bits per heavy atom. The quantitative estimate of drug-likeness (QED) is 0.805. The number of ether oxygens (including phenoxy) is 1. The van der Waals surface area contributed by atoms with Gasteiger partial charge in [0.25, 0.3) is 5.91 Å². The normalized spacial score (nSPS) is 18.2. The Balaban J connectivity index is 1.84. The van der Waals surface area contributed by atoms with Gasteiger partial charge in [-0.05, 0) is 49.1 Å². The predicted octanol–water partition coefficient (Wildman–Crippen LogP) is 4.67. The van der Waals surface area contributed by atoms with Crippen molar-refractivity contribution in [3.8, 4) is 5.75 Å². The maximum absolute atomic E-state index is 12.7. The Morgan fingerprint density at radius 1 is 1.16 bits per heavy atom. The van der Waals surface area contributed by atoms with Crippen molar-refractivity contribution >= 4 is 5.91 Å². The number of alkyl halides is 3. The van der Waals surface area contributed by atoms with Crippen LogP contribution in [0.2, 0.25) is 0 Å². The van der Waals surface area contributed by atoms with Crippen LogP contribution in [0.3, 0.4) is 0 Å². The number of benzene rings is 1. The van der Waals surface area contributed by atoms with Gasteiger partial charge < -0.3 is 14.1 Å². The number of halogens is 3. The van der Waals surface area contributed by atoms with Crippen LogP contribution in [0, 0.1) is 0 Å². The van der Waals surface area contributed by atoms with E-state index in [-0.39, 0.29) is 11.8 Å². The molecule has 1 aliphatic rings. The van der Waals surface area contributed by atoms with Crippen LogP contribution in [0.25, 0.3) is 0 Å². The van der Waals surface area contributed by atoms with Crippen LogP contribution in [0.1, 0.15) is 47.2 Å². The van der Waals surface area contributed by atoms with Gasteiger partial charge >= 0.3 is 6.18 Å². The number of carbonyl (C=O) groups excluding carboxylic acids is 1. The molecule has 2 aromatic rings. The number of hydrogen-bond acceptors (Lipinski definition) is 3. The first kappa shape index (κ1) is 17.4. The highest BCUT2D eigenvalue weighted by Crippen LogP contribution is 2.35. The molecular weight excluding hydrogens is 335 g/mol. The second-order valence-corrected chi connectivity index (χ2v) is 5.94. The zero-order chi connectivity index (χ0) is 18.0. The Bertz CT molecular complexity index is 737. The summed E-state index contributed by atoms with van der Waals surface area (Å²) in [5.41, 5.74) is 0.927. The molecule has 1 unspecified atom stereocenters. The van der Waals surface area contributed by atoms with E-state index in [1.54, 1.807) is 24.1 Å². The first-order valence-electron chi connectivity index (χ1n) is 8.02. The lowest BCUT2D eigenvalue weighted by molar-refractivity contribution is -0.153. The van der Waals surface area contributed by atoms with Crippen molar-refractivity contribution in [3.63, 3.8) is 0 Å². The SMILES string of the molecule is COc1ccc(C2CCCCN2C(=O)c2ccc(C(F)(F)F)o2)cc1. The molecule has 1 amide bonds. The molecule has 1 atom stereocenters. The van der Waals surface area contributed by atoms with Gasteiger partial charge in [-0.1, -0.05) is 12.1 Å². The molecule has 1 aromatic carbocycles. The van der Waals surface area contributed by atoms with Gasteiger partial charge in [0.1, 0.15) is 5.75 Å². The number of likely N-dealkylation sites (tertiary alicyclic amines) is 1. The average Bonchev–Trinajstić information content (AvgIpc) is 3.12. The van der Waals surface area contributed by atoms with Crippen LogP contribution in [0.4, 0.5) is 13.2 Å². The zero-order valence-corrected chi connectivity index (χ0v) is 13.7. The minimum Gasteiger partial charge on any atom is -0.497 e. The number of furan rings is 1. The zero-order valence-electron chi connectivity index (χ0n) is 13.7. The molecule has 0 spiro atoms. The molecule has 1 aliphatic heterocycles. The topological polar surface area (TPSA) is 42.7 Å². The molecule has 0 saturated carbocycles. The summed E-state index contributed by atoms with van der Waals surface area (Å²) >= 11 is 0. The fourth-order valence-electron chi connectivity index (χ4n) is 3.09. The number of nitrogens with zero attached hydrogens (tertiary/aromatic N) is 1. The third-order valence-corrected chi connectivity index (χ3v) is 4.36. The van der Waals surface area contributed by atoms with E-state index in [0.29, 0.717) is 12.3 Å². The average molecular weight is 353 g/mol. The molecular formula is C18H18F3NO3. The van der Waals surface area contributed by atoms with E-state index in [9.17, 15) is 18.0 Å². The lowest BCUT2D eigenvalue weighted by Crippen LogP contribution is -2.38. The Hall–Kier alpha value is -2.44. The summed E-state index contributed by atoms with van der Waals surface area (Å²) in [4.78, 5) is 14.3. The van der Waals surface area contributed by atoms with E-state index in [4.69, 9.17) is 9.15 Å². The molecule has 1 fully saturated rings. The molecule has 3 rings (SSSR count). The standard InChI is InChI=1S/C18H18F3NO3/c1-24-13-7-5-12(6-8-13)14-4-2-3-11-22(14)17(23)15-9-10-16(25-15)18(19,20)21/h5-10,14H,2-4,11H2,1H3. The Kier molecular flexibility index (Phi) is 4.74. The van der Waals surface area contributed by atoms with Crippen LogP contribution < -0.4 is 4.74 Å². The molecule has 7 heteroatoms. The van der Waals surface area contributed by atoms with Gasteiger partial charge in [0.15, 0.2) is 5.76 Å². The van der Waals surface area contributed by atoms with Crippen molar-refractivity contribution in [2.45, 2.75) is 31.5 Å². The second-order valence-electron chi connectivity index (χ2n) is 5.94. The summed E-state index contributed by atoms with van der Waals surface area (Å²) in [6.45, 7) is 0.484. The lowest BCUT2D eigenvalue weighted by atomic mass is 9.95. The van der Waals surface area contributed by atoms with Crippen molar-refractivity contribution in [3.05, 3.63) is 53.5 Å². The first-order valence-corrected chi connectivity index (χ1v) is 8.02. The van der Waals surface area contributed by atoms with Crippen molar-refractivity contribution < 1.29 is 27.1 Å². The molecule has 0 aliphatic carbocycles. The van der Waals surface area contributed by atoms with Crippen LogP contribution in [-0.4, -0.2) is 24.5 Å².